The first-order chi connectivity index (χ1) is 12.0. The van der Waals surface area contributed by atoms with Crippen LogP contribution in [0, 0.1) is 5.92 Å². The number of hydrogen-bond donors (Lipinski definition) is 1. The molecular formula is C20H27NO4. The predicted molar refractivity (Wildman–Crippen MR) is 94.8 cm³/mol. The highest BCUT2D eigenvalue weighted by molar-refractivity contribution is 5.97. The van der Waals surface area contributed by atoms with E-state index < -0.39 is 5.97 Å². The summed E-state index contributed by atoms with van der Waals surface area (Å²) in [5, 5.41) is 9.07. The van der Waals surface area contributed by atoms with Crippen molar-refractivity contribution >= 4 is 11.9 Å². The number of ether oxygens (including phenoxy) is 1. The third-order valence-corrected chi connectivity index (χ3v) is 5.43. The molecule has 1 amide bonds. The van der Waals surface area contributed by atoms with E-state index in [9.17, 15) is 9.59 Å². The molecule has 136 valence electrons. The molecule has 2 aliphatic rings. The third kappa shape index (κ3) is 4.60. The summed E-state index contributed by atoms with van der Waals surface area (Å²) in [6.45, 7) is 3.65. The average molecular weight is 345 g/mol. The predicted octanol–water partition coefficient (Wildman–Crippen LogP) is 3.58. The molecule has 1 aliphatic carbocycles. The zero-order valence-corrected chi connectivity index (χ0v) is 14.8. The maximum atomic E-state index is 12.6. The Morgan fingerprint density at radius 3 is 2.24 bits per heavy atom. The van der Waals surface area contributed by atoms with Crippen LogP contribution in [0.1, 0.15) is 66.2 Å². The molecule has 1 saturated carbocycles. The van der Waals surface area contributed by atoms with Gasteiger partial charge in [-0.2, -0.15) is 0 Å². The van der Waals surface area contributed by atoms with E-state index in [4.69, 9.17) is 9.84 Å². The number of carbonyl (C=O) groups excluding carboxylic acids is 1. The Hall–Kier alpha value is -1.88. The molecule has 5 nitrogen and oxygen atoms in total. The molecule has 1 saturated heterocycles. The van der Waals surface area contributed by atoms with Gasteiger partial charge in [0.05, 0.1) is 17.8 Å². The lowest BCUT2D eigenvalue weighted by Gasteiger charge is -2.35. The number of nitrogens with zero attached hydrogens (tertiary/aromatic N) is 1. The SMILES string of the molecule is CC1CCC(OC2CCN(C(=O)c3cccc(C(=O)O)c3)CC2)CC1. The minimum Gasteiger partial charge on any atom is -0.478 e. The van der Waals surface area contributed by atoms with Crippen LogP contribution in [0.3, 0.4) is 0 Å². The fourth-order valence-electron chi connectivity index (χ4n) is 3.80. The van der Waals surface area contributed by atoms with Gasteiger partial charge in [0.2, 0.25) is 0 Å². The van der Waals surface area contributed by atoms with Crippen molar-refractivity contribution < 1.29 is 19.4 Å². The minimum atomic E-state index is -1.01. The normalized spacial score (nSPS) is 24.9. The molecule has 0 unspecified atom stereocenters. The lowest BCUT2D eigenvalue weighted by molar-refractivity contribution is -0.0570. The topological polar surface area (TPSA) is 66.8 Å². The number of rotatable bonds is 4. The van der Waals surface area contributed by atoms with Crippen LogP contribution in [0.4, 0.5) is 0 Å². The molecule has 25 heavy (non-hydrogen) atoms. The van der Waals surface area contributed by atoms with Crippen LogP contribution in [0.15, 0.2) is 24.3 Å². The van der Waals surface area contributed by atoms with Crippen LogP contribution >= 0.6 is 0 Å². The van der Waals surface area contributed by atoms with Gasteiger partial charge in [-0.05, 0) is 62.6 Å². The second-order valence-corrected chi connectivity index (χ2v) is 7.40. The summed E-state index contributed by atoms with van der Waals surface area (Å²) in [6.07, 6.45) is 7.16. The maximum Gasteiger partial charge on any atom is 0.335 e. The molecule has 0 bridgehead atoms. The van der Waals surface area contributed by atoms with Gasteiger partial charge in [-0.25, -0.2) is 4.79 Å². The molecule has 1 aliphatic heterocycles. The summed E-state index contributed by atoms with van der Waals surface area (Å²) in [5.74, 6) is -0.280. The third-order valence-electron chi connectivity index (χ3n) is 5.43. The molecule has 2 fully saturated rings. The molecule has 0 aromatic heterocycles. The van der Waals surface area contributed by atoms with Crippen molar-refractivity contribution in [2.24, 2.45) is 5.92 Å². The molecule has 0 radical (unpaired) electrons. The van der Waals surface area contributed by atoms with Gasteiger partial charge in [-0.3, -0.25) is 4.79 Å². The lowest BCUT2D eigenvalue weighted by atomic mass is 9.88. The molecule has 1 heterocycles. The Kier molecular flexibility index (Phi) is 5.74. The van der Waals surface area contributed by atoms with Gasteiger partial charge in [0.25, 0.3) is 5.91 Å². The van der Waals surface area contributed by atoms with Crippen molar-refractivity contribution in [3.63, 3.8) is 0 Å². The van der Waals surface area contributed by atoms with Gasteiger partial charge >= 0.3 is 5.97 Å². The molecule has 1 aromatic rings. The summed E-state index contributed by atoms with van der Waals surface area (Å²) in [5.41, 5.74) is 0.594. The van der Waals surface area contributed by atoms with Gasteiger partial charge in [0.15, 0.2) is 0 Å². The van der Waals surface area contributed by atoms with Gasteiger partial charge < -0.3 is 14.7 Å². The van der Waals surface area contributed by atoms with Crippen LogP contribution in [0.25, 0.3) is 0 Å². The largest absolute Gasteiger partial charge is 0.478 e. The van der Waals surface area contributed by atoms with Crippen molar-refractivity contribution in [1.82, 2.24) is 4.90 Å². The Morgan fingerprint density at radius 1 is 1.00 bits per heavy atom. The van der Waals surface area contributed by atoms with Gasteiger partial charge in [0, 0.05) is 18.7 Å². The number of carboxylic acids is 1. The van der Waals surface area contributed by atoms with E-state index in [2.05, 4.69) is 6.92 Å². The van der Waals surface area contributed by atoms with Crippen LogP contribution < -0.4 is 0 Å². The number of carbonyl (C=O) groups is 2. The Morgan fingerprint density at radius 2 is 1.60 bits per heavy atom. The summed E-state index contributed by atoms with van der Waals surface area (Å²) in [6, 6.07) is 6.26. The Balaban J connectivity index is 1.51. The lowest BCUT2D eigenvalue weighted by Crippen LogP contribution is -2.42. The smallest absolute Gasteiger partial charge is 0.335 e. The zero-order chi connectivity index (χ0) is 17.8. The van der Waals surface area contributed by atoms with Crippen molar-refractivity contribution in [3.05, 3.63) is 35.4 Å². The fraction of sp³-hybridized carbons (Fsp3) is 0.600. The van der Waals surface area contributed by atoms with E-state index >= 15 is 0 Å². The molecule has 3 rings (SSSR count). The second kappa shape index (κ2) is 8.00. The van der Waals surface area contributed by atoms with E-state index in [1.54, 1.807) is 12.1 Å². The van der Waals surface area contributed by atoms with Crippen molar-refractivity contribution in [2.75, 3.05) is 13.1 Å². The van der Waals surface area contributed by atoms with E-state index in [0.717, 1.165) is 31.6 Å². The number of amides is 1. The maximum absolute atomic E-state index is 12.6. The molecule has 1 aromatic carbocycles. The monoisotopic (exact) mass is 345 g/mol. The Labute approximate surface area is 149 Å². The van der Waals surface area contributed by atoms with Crippen LogP contribution in [-0.2, 0) is 4.74 Å². The molecule has 0 atom stereocenters. The zero-order valence-electron chi connectivity index (χ0n) is 14.8. The standard InChI is InChI=1S/C20H27NO4/c1-14-5-7-17(8-6-14)25-18-9-11-21(12-10-18)19(22)15-3-2-4-16(13-15)20(23)24/h2-4,13-14,17-18H,5-12H2,1H3,(H,23,24). The minimum absolute atomic E-state index is 0.0898. The van der Waals surface area contributed by atoms with Crippen molar-refractivity contribution in [1.29, 1.82) is 0 Å². The summed E-state index contributed by atoms with van der Waals surface area (Å²) >= 11 is 0. The summed E-state index contributed by atoms with van der Waals surface area (Å²) in [4.78, 5) is 25.5. The highest BCUT2D eigenvalue weighted by Gasteiger charge is 2.27. The van der Waals surface area contributed by atoms with E-state index in [-0.39, 0.29) is 17.6 Å². The van der Waals surface area contributed by atoms with Gasteiger partial charge in [0.1, 0.15) is 0 Å². The summed E-state index contributed by atoms with van der Waals surface area (Å²) < 4.78 is 6.25. The molecule has 5 heteroatoms. The number of likely N-dealkylation sites (tertiary alicyclic amines) is 1. The molecule has 0 spiro atoms. The number of carboxylic acid groups (broad SMARTS) is 1. The average Bonchev–Trinajstić information content (AvgIpc) is 2.64. The first kappa shape index (κ1) is 17.9. The number of benzene rings is 1. The quantitative estimate of drug-likeness (QED) is 0.906. The highest BCUT2D eigenvalue weighted by atomic mass is 16.5. The van der Waals surface area contributed by atoms with Gasteiger partial charge in [-0.1, -0.05) is 13.0 Å². The van der Waals surface area contributed by atoms with Crippen molar-refractivity contribution in [3.8, 4) is 0 Å². The van der Waals surface area contributed by atoms with Crippen LogP contribution in [-0.4, -0.2) is 47.2 Å². The van der Waals surface area contributed by atoms with Crippen LogP contribution in [0.2, 0.25) is 0 Å². The Bertz CT molecular complexity index is 614. The fourth-order valence-corrected chi connectivity index (χ4v) is 3.80. The number of hydrogen-bond acceptors (Lipinski definition) is 3. The van der Waals surface area contributed by atoms with Crippen LogP contribution in [0.5, 0.6) is 0 Å². The van der Waals surface area contributed by atoms with E-state index in [0.29, 0.717) is 24.8 Å². The van der Waals surface area contributed by atoms with Gasteiger partial charge in [-0.15, -0.1) is 0 Å². The second-order valence-electron chi connectivity index (χ2n) is 7.40. The highest BCUT2D eigenvalue weighted by Crippen LogP contribution is 2.28. The molecular weight excluding hydrogens is 318 g/mol. The first-order valence-corrected chi connectivity index (χ1v) is 9.31. The summed E-state index contributed by atoms with van der Waals surface area (Å²) in [7, 11) is 0. The first-order valence-electron chi connectivity index (χ1n) is 9.31. The number of aromatic carboxylic acids is 1. The van der Waals surface area contributed by atoms with Crippen molar-refractivity contribution in [2.45, 2.75) is 57.7 Å². The number of piperidine rings is 1. The van der Waals surface area contributed by atoms with E-state index in [1.807, 2.05) is 4.90 Å². The molecule has 1 N–H and O–H groups in total. The van der Waals surface area contributed by atoms with E-state index in [1.165, 1.54) is 25.0 Å².